The lowest BCUT2D eigenvalue weighted by Gasteiger charge is -2.40. The van der Waals surface area contributed by atoms with Crippen LogP contribution in [0.3, 0.4) is 0 Å². The normalized spacial score (nSPS) is 17.2. The van der Waals surface area contributed by atoms with Gasteiger partial charge in [-0.05, 0) is 25.1 Å². The number of benzene rings is 1. The van der Waals surface area contributed by atoms with Gasteiger partial charge in [0.1, 0.15) is 5.52 Å². The molecule has 0 spiro atoms. The molecule has 1 saturated heterocycles. The molecule has 1 unspecified atom stereocenters. The highest BCUT2D eigenvalue weighted by atomic mass is 16.3. The Balaban J connectivity index is 1.70. The van der Waals surface area contributed by atoms with Crippen LogP contribution in [0.5, 0.6) is 0 Å². The average molecular weight is 317 g/mol. The summed E-state index contributed by atoms with van der Waals surface area (Å²) in [7, 11) is 0. The lowest BCUT2D eigenvalue weighted by Crippen LogP contribution is -2.55. The second kappa shape index (κ2) is 5.53. The van der Waals surface area contributed by atoms with Crippen LogP contribution in [0.4, 0.5) is 10.5 Å². The van der Waals surface area contributed by atoms with Crippen molar-refractivity contribution in [1.82, 2.24) is 9.88 Å². The van der Waals surface area contributed by atoms with Crippen molar-refractivity contribution in [3.8, 4) is 0 Å². The molecule has 23 heavy (non-hydrogen) atoms. The molecule has 1 aliphatic heterocycles. The Bertz CT molecular complexity index is 724. The molecule has 2 amide bonds. The summed E-state index contributed by atoms with van der Waals surface area (Å²) in [6.45, 7) is 9.06. The van der Waals surface area contributed by atoms with Crippen LogP contribution >= 0.6 is 0 Å². The number of anilines is 1. The first-order valence-corrected chi connectivity index (χ1v) is 7.89. The van der Waals surface area contributed by atoms with E-state index in [1.807, 2.05) is 39.0 Å². The first kappa shape index (κ1) is 15.8. The van der Waals surface area contributed by atoms with E-state index in [-0.39, 0.29) is 23.5 Å². The first-order chi connectivity index (χ1) is 10.7. The number of aliphatic hydroxyl groups is 1. The summed E-state index contributed by atoms with van der Waals surface area (Å²) in [5.41, 5.74) is 1.98. The van der Waals surface area contributed by atoms with Crippen molar-refractivity contribution >= 4 is 22.8 Å². The van der Waals surface area contributed by atoms with Gasteiger partial charge in [0.05, 0.1) is 6.10 Å². The number of nitrogens with zero attached hydrogens (tertiary/aromatic N) is 2. The molecule has 1 aromatic carbocycles. The van der Waals surface area contributed by atoms with Gasteiger partial charge in [-0.1, -0.05) is 20.8 Å². The van der Waals surface area contributed by atoms with Crippen molar-refractivity contribution in [2.24, 2.45) is 5.92 Å². The number of aromatic nitrogens is 1. The zero-order chi connectivity index (χ0) is 16.8. The van der Waals surface area contributed by atoms with Crippen molar-refractivity contribution in [2.45, 2.75) is 39.2 Å². The van der Waals surface area contributed by atoms with Gasteiger partial charge in [-0.2, -0.15) is 0 Å². The van der Waals surface area contributed by atoms with Crippen LogP contribution in [0, 0.1) is 5.92 Å². The number of nitrogens with one attached hydrogen (secondary N) is 1. The van der Waals surface area contributed by atoms with E-state index < -0.39 is 0 Å². The number of oxazole rings is 1. The molecule has 0 bridgehead atoms. The molecule has 1 aliphatic rings. The van der Waals surface area contributed by atoms with Gasteiger partial charge in [0.15, 0.2) is 5.58 Å². The van der Waals surface area contributed by atoms with Gasteiger partial charge in [-0.25, -0.2) is 9.78 Å². The molecule has 3 rings (SSSR count). The minimum atomic E-state index is -0.374. The number of hydrogen-bond acceptors (Lipinski definition) is 4. The van der Waals surface area contributed by atoms with Gasteiger partial charge in [0.25, 0.3) is 0 Å². The predicted molar refractivity (Wildman–Crippen MR) is 88.5 cm³/mol. The summed E-state index contributed by atoms with van der Waals surface area (Å²) in [6.07, 6.45) is -0.374. The van der Waals surface area contributed by atoms with Crippen molar-refractivity contribution in [3.05, 3.63) is 24.1 Å². The van der Waals surface area contributed by atoms with Gasteiger partial charge in [0, 0.05) is 30.1 Å². The number of amides is 2. The Morgan fingerprint density at radius 3 is 2.74 bits per heavy atom. The zero-order valence-electron chi connectivity index (χ0n) is 14.0. The molecule has 0 radical (unpaired) electrons. The Labute approximate surface area is 135 Å². The number of carbonyl (C=O) groups excluding carboxylic acids is 1. The fourth-order valence-electron chi connectivity index (χ4n) is 2.51. The number of urea groups is 1. The highest BCUT2D eigenvalue weighted by molar-refractivity contribution is 5.92. The quantitative estimate of drug-likeness (QED) is 0.892. The standard InChI is InChI=1S/C17H23N3O3/c1-10(21)11-8-20(9-11)16(22)18-12-5-6-14-13(7-12)19-15(23-14)17(2,3)4/h5-7,10-11,21H,8-9H2,1-4H3,(H,18,22). The highest BCUT2D eigenvalue weighted by Gasteiger charge is 2.33. The number of rotatable bonds is 2. The molecular formula is C17H23N3O3. The number of likely N-dealkylation sites (tertiary alicyclic amines) is 1. The van der Waals surface area contributed by atoms with Crippen molar-refractivity contribution in [3.63, 3.8) is 0 Å². The van der Waals surface area contributed by atoms with E-state index in [0.29, 0.717) is 30.3 Å². The third-order valence-electron chi connectivity index (χ3n) is 4.16. The summed E-state index contributed by atoms with van der Waals surface area (Å²) >= 11 is 0. The van der Waals surface area contributed by atoms with Gasteiger partial charge in [0.2, 0.25) is 5.89 Å². The summed E-state index contributed by atoms with van der Waals surface area (Å²) in [5.74, 6) is 0.853. The molecule has 1 aromatic heterocycles. The first-order valence-electron chi connectivity index (χ1n) is 7.89. The summed E-state index contributed by atoms with van der Waals surface area (Å²) < 4.78 is 5.75. The summed E-state index contributed by atoms with van der Waals surface area (Å²) in [6, 6.07) is 5.30. The van der Waals surface area contributed by atoms with Gasteiger partial charge in [-0.3, -0.25) is 0 Å². The van der Waals surface area contributed by atoms with E-state index in [2.05, 4.69) is 10.3 Å². The van der Waals surface area contributed by atoms with E-state index in [1.54, 1.807) is 11.8 Å². The van der Waals surface area contributed by atoms with Crippen LogP contribution in [0.25, 0.3) is 11.1 Å². The number of aliphatic hydroxyl groups excluding tert-OH is 1. The predicted octanol–water partition coefficient (Wildman–Crippen LogP) is 2.97. The molecular weight excluding hydrogens is 294 g/mol. The number of hydrogen-bond donors (Lipinski definition) is 2. The molecule has 1 fully saturated rings. The Morgan fingerprint density at radius 1 is 1.43 bits per heavy atom. The largest absolute Gasteiger partial charge is 0.440 e. The molecule has 124 valence electrons. The van der Waals surface area contributed by atoms with Crippen LogP contribution < -0.4 is 5.32 Å². The average Bonchev–Trinajstić information content (AvgIpc) is 2.79. The fourth-order valence-corrected chi connectivity index (χ4v) is 2.51. The van der Waals surface area contributed by atoms with E-state index in [4.69, 9.17) is 4.42 Å². The smallest absolute Gasteiger partial charge is 0.321 e. The topological polar surface area (TPSA) is 78.6 Å². The third-order valence-corrected chi connectivity index (χ3v) is 4.16. The monoisotopic (exact) mass is 317 g/mol. The molecule has 6 heteroatoms. The second-order valence-corrected chi connectivity index (χ2v) is 7.29. The third kappa shape index (κ3) is 3.17. The van der Waals surface area contributed by atoms with E-state index in [1.165, 1.54) is 0 Å². The maximum absolute atomic E-state index is 12.2. The Kier molecular flexibility index (Phi) is 3.80. The maximum atomic E-state index is 12.2. The Morgan fingerprint density at radius 2 is 2.13 bits per heavy atom. The minimum absolute atomic E-state index is 0.152. The zero-order valence-corrected chi connectivity index (χ0v) is 14.0. The lowest BCUT2D eigenvalue weighted by molar-refractivity contribution is 0.0309. The second-order valence-electron chi connectivity index (χ2n) is 7.29. The minimum Gasteiger partial charge on any atom is -0.440 e. The summed E-state index contributed by atoms with van der Waals surface area (Å²) in [5, 5.41) is 12.3. The van der Waals surface area contributed by atoms with Crippen molar-refractivity contribution < 1.29 is 14.3 Å². The molecule has 6 nitrogen and oxygen atoms in total. The summed E-state index contributed by atoms with van der Waals surface area (Å²) in [4.78, 5) is 18.3. The van der Waals surface area contributed by atoms with E-state index in [9.17, 15) is 9.90 Å². The van der Waals surface area contributed by atoms with Crippen molar-refractivity contribution in [2.75, 3.05) is 18.4 Å². The van der Waals surface area contributed by atoms with E-state index in [0.717, 1.165) is 5.52 Å². The molecule has 2 heterocycles. The molecule has 2 aromatic rings. The number of fused-ring (bicyclic) bond motifs is 1. The van der Waals surface area contributed by atoms with Crippen LogP contribution in [0.1, 0.15) is 33.6 Å². The number of carbonyl (C=O) groups is 1. The van der Waals surface area contributed by atoms with Crippen LogP contribution in [0.15, 0.2) is 22.6 Å². The van der Waals surface area contributed by atoms with Crippen LogP contribution in [-0.2, 0) is 5.41 Å². The lowest BCUT2D eigenvalue weighted by atomic mass is 9.95. The molecule has 1 atom stereocenters. The van der Waals surface area contributed by atoms with E-state index >= 15 is 0 Å². The molecule has 0 saturated carbocycles. The van der Waals surface area contributed by atoms with Crippen LogP contribution in [0.2, 0.25) is 0 Å². The molecule has 0 aliphatic carbocycles. The van der Waals surface area contributed by atoms with Crippen molar-refractivity contribution in [1.29, 1.82) is 0 Å². The molecule has 2 N–H and O–H groups in total. The maximum Gasteiger partial charge on any atom is 0.321 e. The van der Waals surface area contributed by atoms with Gasteiger partial charge in [-0.15, -0.1) is 0 Å². The highest BCUT2D eigenvalue weighted by Crippen LogP contribution is 2.28. The van der Waals surface area contributed by atoms with Gasteiger partial charge < -0.3 is 19.7 Å². The van der Waals surface area contributed by atoms with Crippen LogP contribution in [-0.4, -0.2) is 40.2 Å². The SMILES string of the molecule is CC(O)C1CN(C(=O)Nc2ccc3oc(C(C)(C)C)nc3c2)C1. The van der Waals surface area contributed by atoms with Gasteiger partial charge >= 0.3 is 6.03 Å². The Hall–Kier alpha value is -2.08. The fraction of sp³-hybridized carbons (Fsp3) is 0.529.